The normalized spacial score (nSPS) is 12.3. The van der Waals surface area contributed by atoms with E-state index in [0.29, 0.717) is 22.8 Å². The Balaban J connectivity index is 1.80. The lowest BCUT2D eigenvalue weighted by Crippen LogP contribution is -2.44. The Bertz CT molecular complexity index is 1150. The molecule has 2 heterocycles. The highest BCUT2D eigenvalue weighted by Gasteiger charge is 2.24. The molecule has 0 saturated carbocycles. The molecule has 3 rings (SSSR count). The number of hydrogen-bond donors (Lipinski definition) is 2. The number of nitrogens with one attached hydrogen (secondary N) is 1. The van der Waals surface area contributed by atoms with Crippen LogP contribution in [0.15, 0.2) is 36.5 Å². The average molecular weight is 456 g/mol. The first kappa shape index (κ1) is 23.8. The van der Waals surface area contributed by atoms with Crippen molar-refractivity contribution < 1.29 is 28.9 Å². The second-order valence-corrected chi connectivity index (χ2v) is 8.44. The van der Waals surface area contributed by atoms with E-state index in [-0.39, 0.29) is 13.0 Å². The first-order valence-electron chi connectivity index (χ1n) is 10.4. The molecule has 33 heavy (non-hydrogen) atoms. The number of amides is 1. The van der Waals surface area contributed by atoms with E-state index in [9.17, 15) is 14.7 Å². The number of ether oxygens (including phenoxy) is 3. The van der Waals surface area contributed by atoms with Crippen LogP contribution in [0.4, 0.5) is 4.79 Å². The minimum absolute atomic E-state index is 0.0325. The van der Waals surface area contributed by atoms with Gasteiger partial charge < -0.3 is 24.6 Å². The standard InChI is InChI=1S/C23H28N4O6/c1-14-8-10-27(26-14)20-13-19(16-7-6-15(31-5)12-18(16)24-20)32-11-9-17(21(28)29)25-22(30)33-23(2,3)4/h6-8,10,12-13,17H,9,11H2,1-5H3,(H,25,30)(H,28,29). The number of rotatable bonds is 8. The van der Waals surface area contributed by atoms with Gasteiger partial charge in [-0.05, 0) is 45.9 Å². The van der Waals surface area contributed by atoms with Crippen LogP contribution in [-0.4, -0.2) is 57.3 Å². The van der Waals surface area contributed by atoms with E-state index in [1.165, 1.54) is 0 Å². The Hall–Kier alpha value is -3.82. The fourth-order valence-corrected chi connectivity index (χ4v) is 3.06. The van der Waals surface area contributed by atoms with Gasteiger partial charge in [-0.15, -0.1) is 0 Å². The molecule has 1 aromatic carbocycles. The third kappa shape index (κ3) is 6.34. The molecule has 176 valence electrons. The summed E-state index contributed by atoms with van der Waals surface area (Å²) in [5.74, 6) is 0.511. The summed E-state index contributed by atoms with van der Waals surface area (Å²) < 4.78 is 18.0. The summed E-state index contributed by atoms with van der Waals surface area (Å²) in [6, 6.07) is 7.82. The Morgan fingerprint density at radius 2 is 1.97 bits per heavy atom. The third-order valence-corrected chi connectivity index (χ3v) is 4.58. The predicted octanol–water partition coefficient (Wildman–Crippen LogP) is 3.48. The molecule has 3 aromatic rings. The van der Waals surface area contributed by atoms with Crippen LogP contribution < -0.4 is 14.8 Å². The van der Waals surface area contributed by atoms with Crippen LogP contribution >= 0.6 is 0 Å². The number of fused-ring (bicyclic) bond motifs is 1. The summed E-state index contributed by atoms with van der Waals surface area (Å²) in [5.41, 5.74) is 0.737. The second-order valence-electron chi connectivity index (χ2n) is 8.44. The SMILES string of the molecule is COc1ccc2c(OCCC(NC(=O)OC(C)(C)C)C(=O)O)cc(-n3ccc(C)n3)nc2c1. The van der Waals surface area contributed by atoms with E-state index in [1.807, 2.05) is 19.1 Å². The molecule has 0 saturated heterocycles. The van der Waals surface area contributed by atoms with Crippen LogP contribution in [0, 0.1) is 6.92 Å². The average Bonchev–Trinajstić information content (AvgIpc) is 3.17. The van der Waals surface area contributed by atoms with E-state index < -0.39 is 23.7 Å². The molecule has 1 unspecified atom stereocenters. The second kappa shape index (κ2) is 9.76. The molecule has 2 aromatic heterocycles. The number of alkyl carbamates (subject to hydrolysis) is 1. The van der Waals surface area contributed by atoms with Gasteiger partial charge in [-0.2, -0.15) is 5.10 Å². The van der Waals surface area contributed by atoms with Crippen molar-refractivity contribution in [2.45, 2.75) is 45.8 Å². The van der Waals surface area contributed by atoms with E-state index in [1.54, 1.807) is 57.0 Å². The van der Waals surface area contributed by atoms with Gasteiger partial charge in [0, 0.05) is 30.1 Å². The van der Waals surface area contributed by atoms with E-state index in [0.717, 1.165) is 11.1 Å². The fourth-order valence-electron chi connectivity index (χ4n) is 3.06. The van der Waals surface area contributed by atoms with Crippen LogP contribution in [0.5, 0.6) is 11.5 Å². The Morgan fingerprint density at radius 3 is 2.58 bits per heavy atom. The summed E-state index contributed by atoms with van der Waals surface area (Å²) in [6.45, 7) is 7.02. The van der Waals surface area contributed by atoms with Gasteiger partial charge in [0.2, 0.25) is 0 Å². The number of hydrogen-bond acceptors (Lipinski definition) is 7. The highest BCUT2D eigenvalue weighted by Crippen LogP contribution is 2.30. The zero-order chi connectivity index (χ0) is 24.2. The van der Waals surface area contributed by atoms with Crippen LogP contribution in [0.1, 0.15) is 32.9 Å². The highest BCUT2D eigenvalue weighted by atomic mass is 16.6. The first-order chi connectivity index (χ1) is 15.6. The van der Waals surface area contributed by atoms with Crippen molar-refractivity contribution in [2.24, 2.45) is 0 Å². The minimum Gasteiger partial charge on any atom is -0.497 e. The molecular formula is C23H28N4O6. The molecular weight excluding hydrogens is 428 g/mol. The summed E-state index contributed by atoms with van der Waals surface area (Å²) >= 11 is 0. The van der Waals surface area contributed by atoms with Gasteiger partial charge in [-0.3, -0.25) is 0 Å². The summed E-state index contributed by atoms with van der Waals surface area (Å²) in [7, 11) is 1.57. The lowest BCUT2D eigenvalue weighted by atomic mass is 10.2. The smallest absolute Gasteiger partial charge is 0.408 e. The third-order valence-electron chi connectivity index (χ3n) is 4.58. The van der Waals surface area contributed by atoms with Gasteiger partial charge >= 0.3 is 12.1 Å². The molecule has 0 aliphatic heterocycles. The summed E-state index contributed by atoms with van der Waals surface area (Å²) in [4.78, 5) is 28.2. The highest BCUT2D eigenvalue weighted by molar-refractivity contribution is 5.87. The molecule has 0 radical (unpaired) electrons. The number of carboxylic acids is 1. The minimum atomic E-state index is -1.18. The van der Waals surface area contributed by atoms with Crippen molar-refractivity contribution in [3.05, 3.63) is 42.2 Å². The molecule has 1 amide bonds. The van der Waals surface area contributed by atoms with Gasteiger partial charge in [0.15, 0.2) is 5.82 Å². The van der Waals surface area contributed by atoms with Crippen molar-refractivity contribution in [1.29, 1.82) is 0 Å². The maximum Gasteiger partial charge on any atom is 0.408 e. The number of carboxylic acid groups (broad SMARTS) is 1. The van der Waals surface area contributed by atoms with Crippen molar-refractivity contribution in [2.75, 3.05) is 13.7 Å². The van der Waals surface area contributed by atoms with Crippen molar-refractivity contribution in [3.8, 4) is 17.3 Å². The van der Waals surface area contributed by atoms with Crippen molar-refractivity contribution >= 4 is 23.0 Å². The maximum absolute atomic E-state index is 12.0. The summed E-state index contributed by atoms with van der Waals surface area (Å²) in [6.07, 6.45) is 1.02. The molecule has 2 N–H and O–H groups in total. The van der Waals surface area contributed by atoms with Gasteiger partial charge in [-0.25, -0.2) is 19.3 Å². The zero-order valence-electron chi connectivity index (χ0n) is 19.3. The van der Waals surface area contributed by atoms with Gasteiger partial charge in [0.25, 0.3) is 0 Å². The molecule has 10 nitrogen and oxygen atoms in total. The fraction of sp³-hybridized carbons (Fsp3) is 0.391. The number of methoxy groups -OCH3 is 1. The largest absolute Gasteiger partial charge is 0.497 e. The molecule has 10 heteroatoms. The van der Waals surface area contributed by atoms with Gasteiger partial charge in [0.05, 0.1) is 24.9 Å². The Labute approximate surface area is 191 Å². The molecule has 0 bridgehead atoms. The van der Waals surface area contributed by atoms with Crippen molar-refractivity contribution in [3.63, 3.8) is 0 Å². The van der Waals surface area contributed by atoms with Crippen LogP contribution in [0.2, 0.25) is 0 Å². The quantitative estimate of drug-likeness (QED) is 0.528. The monoisotopic (exact) mass is 456 g/mol. The van der Waals surface area contributed by atoms with E-state index >= 15 is 0 Å². The van der Waals surface area contributed by atoms with Crippen LogP contribution in [-0.2, 0) is 9.53 Å². The first-order valence-corrected chi connectivity index (χ1v) is 10.4. The number of carbonyl (C=O) groups is 2. The lowest BCUT2D eigenvalue weighted by Gasteiger charge is -2.22. The number of aromatic nitrogens is 3. The molecule has 0 spiro atoms. The Kier molecular flexibility index (Phi) is 7.05. The topological polar surface area (TPSA) is 125 Å². The maximum atomic E-state index is 12.0. The van der Waals surface area contributed by atoms with Crippen LogP contribution in [0.25, 0.3) is 16.7 Å². The number of nitrogens with zero attached hydrogens (tertiary/aromatic N) is 3. The predicted molar refractivity (Wildman–Crippen MR) is 121 cm³/mol. The number of carbonyl (C=O) groups excluding carboxylic acids is 1. The molecule has 0 aliphatic rings. The van der Waals surface area contributed by atoms with Gasteiger partial charge in [-0.1, -0.05) is 0 Å². The number of aryl methyl sites for hydroxylation is 1. The number of benzene rings is 1. The Morgan fingerprint density at radius 1 is 1.21 bits per heavy atom. The zero-order valence-corrected chi connectivity index (χ0v) is 19.3. The van der Waals surface area contributed by atoms with E-state index in [4.69, 9.17) is 14.2 Å². The molecule has 0 fully saturated rings. The molecule has 0 aliphatic carbocycles. The van der Waals surface area contributed by atoms with Crippen molar-refractivity contribution in [1.82, 2.24) is 20.1 Å². The van der Waals surface area contributed by atoms with Crippen LogP contribution in [0.3, 0.4) is 0 Å². The number of pyridine rings is 1. The number of aliphatic carboxylic acids is 1. The summed E-state index contributed by atoms with van der Waals surface area (Å²) in [5, 5.41) is 17.0. The van der Waals surface area contributed by atoms with E-state index in [2.05, 4.69) is 15.4 Å². The lowest BCUT2D eigenvalue weighted by molar-refractivity contribution is -0.139. The van der Waals surface area contributed by atoms with Gasteiger partial charge in [0.1, 0.15) is 23.1 Å². The molecule has 1 atom stereocenters.